The van der Waals surface area contributed by atoms with Gasteiger partial charge >= 0.3 is 0 Å². The van der Waals surface area contributed by atoms with E-state index in [1.54, 1.807) is 12.1 Å². The molecule has 1 aliphatic rings. The van der Waals surface area contributed by atoms with Crippen LogP contribution >= 0.6 is 0 Å². The van der Waals surface area contributed by atoms with Crippen molar-refractivity contribution in [3.63, 3.8) is 0 Å². The Morgan fingerprint density at radius 2 is 2.25 bits per heavy atom. The molecule has 16 heavy (non-hydrogen) atoms. The van der Waals surface area contributed by atoms with Crippen molar-refractivity contribution in [3.8, 4) is 0 Å². The van der Waals surface area contributed by atoms with E-state index in [0.29, 0.717) is 17.3 Å². The molecular formula is C12H17N3O. The molecule has 86 valence electrons. The lowest BCUT2D eigenvalue weighted by Gasteiger charge is -2.25. The predicted octanol–water partition coefficient (Wildman–Crippen LogP) is 1.36. The summed E-state index contributed by atoms with van der Waals surface area (Å²) >= 11 is 0. The fourth-order valence-corrected chi connectivity index (χ4v) is 2.29. The van der Waals surface area contributed by atoms with Crippen LogP contribution in [0.1, 0.15) is 30.1 Å². The van der Waals surface area contributed by atoms with Gasteiger partial charge in [-0.1, -0.05) is 0 Å². The van der Waals surface area contributed by atoms with Crippen LogP contribution in [0.4, 0.5) is 11.4 Å². The normalized spacial score (nSPS) is 20.1. The largest absolute Gasteiger partial charge is 0.399 e. The number of carbonyl (C=O) groups excluding carboxylic acids is 1. The van der Waals surface area contributed by atoms with Crippen molar-refractivity contribution in [2.45, 2.75) is 25.8 Å². The standard InChI is InChI=1S/C12H17N3O/c1-8-3-2-6-15(8)11-7-9(13)4-5-10(11)12(14)16/h4-5,7-8H,2-3,6,13H2,1H3,(H2,14,16). The van der Waals surface area contributed by atoms with Gasteiger partial charge < -0.3 is 16.4 Å². The van der Waals surface area contributed by atoms with Crippen molar-refractivity contribution < 1.29 is 4.79 Å². The highest BCUT2D eigenvalue weighted by molar-refractivity contribution is 5.99. The summed E-state index contributed by atoms with van der Waals surface area (Å²) in [5.74, 6) is -0.394. The van der Waals surface area contributed by atoms with Crippen LogP contribution in [0.2, 0.25) is 0 Å². The number of nitrogens with zero attached hydrogens (tertiary/aromatic N) is 1. The van der Waals surface area contributed by atoms with E-state index < -0.39 is 5.91 Å². The zero-order chi connectivity index (χ0) is 11.7. The van der Waals surface area contributed by atoms with Crippen LogP contribution < -0.4 is 16.4 Å². The van der Waals surface area contributed by atoms with Gasteiger partial charge in [0.25, 0.3) is 5.91 Å². The minimum atomic E-state index is -0.394. The van der Waals surface area contributed by atoms with E-state index >= 15 is 0 Å². The van der Waals surface area contributed by atoms with Crippen LogP contribution in [0.5, 0.6) is 0 Å². The van der Waals surface area contributed by atoms with Gasteiger partial charge in [0, 0.05) is 18.3 Å². The van der Waals surface area contributed by atoms with Gasteiger partial charge in [-0.05, 0) is 38.0 Å². The highest BCUT2D eigenvalue weighted by Crippen LogP contribution is 2.30. The van der Waals surface area contributed by atoms with E-state index in [9.17, 15) is 4.79 Å². The molecule has 4 N–H and O–H groups in total. The Kier molecular flexibility index (Phi) is 2.73. The minimum Gasteiger partial charge on any atom is -0.399 e. The van der Waals surface area contributed by atoms with Crippen molar-refractivity contribution in [2.75, 3.05) is 17.2 Å². The summed E-state index contributed by atoms with van der Waals surface area (Å²) < 4.78 is 0. The zero-order valence-electron chi connectivity index (χ0n) is 9.44. The third-order valence-electron chi connectivity index (χ3n) is 3.15. The number of rotatable bonds is 2. The lowest BCUT2D eigenvalue weighted by molar-refractivity contribution is 0.100. The number of carbonyl (C=O) groups is 1. The van der Waals surface area contributed by atoms with Crippen LogP contribution in [-0.2, 0) is 0 Å². The molecule has 0 saturated carbocycles. The average Bonchev–Trinajstić information content (AvgIpc) is 2.63. The van der Waals surface area contributed by atoms with E-state index in [1.165, 1.54) is 0 Å². The summed E-state index contributed by atoms with van der Waals surface area (Å²) in [6, 6.07) is 5.70. The molecule has 4 nitrogen and oxygen atoms in total. The quantitative estimate of drug-likeness (QED) is 0.737. The van der Waals surface area contributed by atoms with Crippen LogP contribution in [0, 0.1) is 0 Å². The maximum absolute atomic E-state index is 11.4. The van der Waals surface area contributed by atoms with Gasteiger partial charge in [-0.15, -0.1) is 0 Å². The third kappa shape index (κ3) is 1.83. The zero-order valence-corrected chi connectivity index (χ0v) is 9.44. The van der Waals surface area contributed by atoms with Crippen molar-refractivity contribution >= 4 is 17.3 Å². The summed E-state index contributed by atoms with van der Waals surface area (Å²) in [6.07, 6.45) is 2.29. The van der Waals surface area contributed by atoms with E-state index in [2.05, 4.69) is 11.8 Å². The average molecular weight is 219 g/mol. The Balaban J connectivity index is 2.44. The summed E-state index contributed by atoms with van der Waals surface area (Å²) in [6.45, 7) is 3.12. The molecule has 1 fully saturated rings. The first kappa shape index (κ1) is 10.8. The minimum absolute atomic E-state index is 0.394. The van der Waals surface area contributed by atoms with Gasteiger partial charge in [0.1, 0.15) is 0 Å². The first-order valence-electron chi connectivity index (χ1n) is 5.55. The first-order chi connectivity index (χ1) is 7.59. The lowest BCUT2D eigenvalue weighted by Crippen LogP contribution is -2.29. The smallest absolute Gasteiger partial charge is 0.250 e. The second-order valence-electron chi connectivity index (χ2n) is 4.33. The van der Waals surface area contributed by atoms with Crippen LogP contribution in [0.15, 0.2) is 18.2 Å². The number of primary amides is 1. The fourth-order valence-electron chi connectivity index (χ4n) is 2.29. The Morgan fingerprint density at radius 3 is 2.81 bits per heavy atom. The number of nitrogens with two attached hydrogens (primary N) is 2. The van der Waals surface area contributed by atoms with Gasteiger partial charge in [0.15, 0.2) is 0 Å². The maximum atomic E-state index is 11.4. The molecule has 1 heterocycles. The maximum Gasteiger partial charge on any atom is 0.250 e. The van der Waals surface area contributed by atoms with E-state index in [4.69, 9.17) is 11.5 Å². The molecule has 1 atom stereocenters. The predicted molar refractivity (Wildman–Crippen MR) is 65.4 cm³/mol. The molecule has 0 spiro atoms. The van der Waals surface area contributed by atoms with Gasteiger partial charge in [-0.25, -0.2) is 0 Å². The number of anilines is 2. The van der Waals surface area contributed by atoms with Gasteiger partial charge in [0.2, 0.25) is 0 Å². The molecule has 4 heteroatoms. The molecule has 1 amide bonds. The summed E-state index contributed by atoms with van der Waals surface area (Å²) in [4.78, 5) is 13.6. The Labute approximate surface area is 95.2 Å². The Bertz CT molecular complexity index is 417. The topological polar surface area (TPSA) is 72.3 Å². The van der Waals surface area contributed by atoms with E-state index in [0.717, 1.165) is 25.1 Å². The molecular weight excluding hydrogens is 202 g/mol. The third-order valence-corrected chi connectivity index (χ3v) is 3.15. The monoisotopic (exact) mass is 219 g/mol. The van der Waals surface area contributed by atoms with Crippen molar-refractivity contribution in [2.24, 2.45) is 5.73 Å². The highest BCUT2D eigenvalue weighted by Gasteiger charge is 2.24. The number of hydrogen-bond acceptors (Lipinski definition) is 3. The number of nitrogen functional groups attached to an aromatic ring is 1. The van der Waals surface area contributed by atoms with Crippen molar-refractivity contribution in [3.05, 3.63) is 23.8 Å². The van der Waals surface area contributed by atoms with E-state index in [1.807, 2.05) is 6.07 Å². The van der Waals surface area contributed by atoms with Crippen LogP contribution in [-0.4, -0.2) is 18.5 Å². The summed E-state index contributed by atoms with van der Waals surface area (Å²) in [5.41, 5.74) is 13.2. The molecule has 1 unspecified atom stereocenters. The van der Waals surface area contributed by atoms with Crippen LogP contribution in [0.25, 0.3) is 0 Å². The summed E-state index contributed by atoms with van der Waals surface area (Å²) in [7, 11) is 0. The fraction of sp³-hybridized carbons (Fsp3) is 0.417. The van der Waals surface area contributed by atoms with Gasteiger partial charge in [0.05, 0.1) is 11.3 Å². The second kappa shape index (κ2) is 4.04. The molecule has 1 aliphatic heterocycles. The highest BCUT2D eigenvalue weighted by atomic mass is 16.1. The summed E-state index contributed by atoms with van der Waals surface area (Å²) in [5, 5.41) is 0. The second-order valence-corrected chi connectivity index (χ2v) is 4.33. The molecule has 1 aromatic rings. The molecule has 1 aromatic carbocycles. The number of amides is 1. The molecule has 1 saturated heterocycles. The molecule has 2 rings (SSSR count). The molecule has 0 bridgehead atoms. The SMILES string of the molecule is CC1CCCN1c1cc(N)ccc1C(N)=O. The van der Waals surface area contributed by atoms with E-state index in [-0.39, 0.29) is 0 Å². The Morgan fingerprint density at radius 1 is 1.50 bits per heavy atom. The lowest BCUT2D eigenvalue weighted by atomic mass is 10.1. The number of hydrogen-bond donors (Lipinski definition) is 2. The van der Waals surface area contributed by atoms with Gasteiger partial charge in [-0.3, -0.25) is 4.79 Å². The van der Waals surface area contributed by atoms with Gasteiger partial charge in [-0.2, -0.15) is 0 Å². The number of benzene rings is 1. The molecule has 0 radical (unpaired) electrons. The van der Waals surface area contributed by atoms with Crippen LogP contribution in [0.3, 0.4) is 0 Å². The van der Waals surface area contributed by atoms with Crippen molar-refractivity contribution in [1.29, 1.82) is 0 Å². The molecule has 0 aliphatic carbocycles. The van der Waals surface area contributed by atoms with Crippen molar-refractivity contribution in [1.82, 2.24) is 0 Å². The Hall–Kier alpha value is -1.71. The molecule has 0 aromatic heterocycles. The first-order valence-corrected chi connectivity index (χ1v) is 5.55.